The first-order chi connectivity index (χ1) is 13.9. The summed E-state index contributed by atoms with van der Waals surface area (Å²) in [6, 6.07) is 5.28. The molecule has 2 aliphatic rings. The Kier molecular flexibility index (Phi) is 7.13. The van der Waals surface area contributed by atoms with E-state index in [-0.39, 0.29) is 35.9 Å². The van der Waals surface area contributed by atoms with Crippen LogP contribution in [0.2, 0.25) is 0 Å². The normalized spacial score (nSPS) is 17.5. The van der Waals surface area contributed by atoms with Gasteiger partial charge in [0, 0.05) is 32.1 Å². The molecule has 1 saturated heterocycles. The first kappa shape index (κ1) is 21.6. The average Bonchev–Trinajstić information content (AvgIpc) is 2.73. The van der Waals surface area contributed by atoms with Crippen molar-refractivity contribution in [3.63, 3.8) is 0 Å². The highest BCUT2D eigenvalue weighted by Crippen LogP contribution is 2.24. The number of carbonyl (C=O) groups excluding carboxylic acids is 2. The quantitative estimate of drug-likeness (QED) is 0.723. The molecule has 1 aromatic carbocycles. The number of hydrogen-bond acceptors (Lipinski definition) is 5. The third-order valence-electron chi connectivity index (χ3n) is 5.57. The van der Waals surface area contributed by atoms with Gasteiger partial charge < -0.3 is 15.0 Å². The van der Waals surface area contributed by atoms with E-state index in [4.69, 9.17) is 4.74 Å². The van der Waals surface area contributed by atoms with Gasteiger partial charge >= 0.3 is 6.09 Å². The molecule has 1 aliphatic heterocycles. The minimum absolute atomic E-state index is 0.0133. The van der Waals surface area contributed by atoms with Gasteiger partial charge in [-0.3, -0.25) is 4.79 Å². The lowest BCUT2D eigenvalue weighted by atomic mass is 9.92. The Balaban J connectivity index is 1.43. The Labute approximate surface area is 172 Å². The summed E-state index contributed by atoms with van der Waals surface area (Å²) in [7, 11) is -2.28. The van der Waals surface area contributed by atoms with E-state index < -0.39 is 10.0 Å². The van der Waals surface area contributed by atoms with Crippen LogP contribution in [0.3, 0.4) is 0 Å². The molecule has 9 heteroatoms. The molecule has 8 nitrogen and oxygen atoms in total. The summed E-state index contributed by atoms with van der Waals surface area (Å²) in [4.78, 5) is 25.5. The number of benzene rings is 1. The molecule has 1 aliphatic carbocycles. The van der Waals surface area contributed by atoms with E-state index in [0.29, 0.717) is 25.9 Å². The van der Waals surface area contributed by atoms with Gasteiger partial charge in [-0.2, -0.15) is 0 Å². The van der Waals surface area contributed by atoms with Gasteiger partial charge in [0.2, 0.25) is 15.9 Å². The predicted octanol–water partition coefficient (Wildman–Crippen LogP) is 1.58. The fourth-order valence-corrected chi connectivity index (χ4v) is 4.98. The number of nitrogens with one attached hydrogen (secondary N) is 2. The Morgan fingerprint density at radius 1 is 1.14 bits per heavy atom. The molecule has 2 N–H and O–H groups in total. The number of methoxy groups -OCH3 is 1. The number of sulfonamides is 1. The number of fused-ring (bicyclic) bond motifs is 1. The molecule has 0 unspecified atom stereocenters. The highest BCUT2D eigenvalue weighted by molar-refractivity contribution is 7.89. The van der Waals surface area contributed by atoms with Crippen LogP contribution < -0.4 is 10.0 Å². The number of aryl methyl sites for hydroxylation is 2. The van der Waals surface area contributed by atoms with E-state index in [1.807, 2.05) is 6.07 Å². The average molecular weight is 424 g/mol. The van der Waals surface area contributed by atoms with Crippen molar-refractivity contribution in [3.8, 4) is 0 Å². The van der Waals surface area contributed by atoms with Crippen LogP contribution in [0.15, 0.2) is 23.1 Å². The smallest absolute Gasteiger partial charge is 0.409 e. The third-order valence-corrected chi connectivity index (χ3v) is 7.03. The van der Waals surface area contributed by atoms with E-state index in [1.54, 1.807) is 17.0 Å². The highest BCUT2D eigenvalue weighted by atomic mass is 32.2. The van der Waals surface area contributed by atoms with Crippen LogP contribution in [-0.2, 0) is 32.4 Å². The number of nitrogens with zero attached hydrogens (tertiary/aromatic N) is 1. The molecule has 29 heavy (non-hydrogen) atoms. The second-order valence-electron chi connectivity index (χ2n) is 7.58. The zero-order chi connectivity index (χ0) is 20.9. The van der Waals surface area contributed by atoms with Crippen molar-refractivity contribution in [1.29, 1.82) is 0 Å². The van der Waals surface area contributed by atoms with Crippen LogP contribution in [0.4, 0.5) is 4.79 Å². The fourth-order valence-electron chi connectivity index (χ4n) is 3.89. The minimum Gasteiger partial charge on any atom is -0.453 e. The number of likely N-dealkylation sites (tertiary alicyclic amines) is 1. The summed E-state index contributed by atoms with van der Waals surface area (Å²) in [5.74, 6) is -0.199. The first-order valence-corrected chi connectivity index (χ1v) is 11.6. The number of piperidine rings is 1. The SMILES string of the molecule is COC(=O)N1CCC(NC(=O)CCNS(=O)(=O)c2ccc3c(c2)CCCC3)CC1. The molecule has 0 radical (unpaired) electrons. The number of amides is 2. The molecular weight excluding hydrogens is 394 g/mol. The molecule has 160 valence electrons. The lowest BCUT2D eigenvalue weighted by Gasteiger charge is -2.31. The van der Waals surface area contributed by atoms with Crippen LogP contribution in [-0.4, -0.2) is 58.1 Å². The van der Waals surface area contributed by atoms with E-state index in [0.717, 1.165) is 31.2 Å². The summed E-state index contributed by atoms with van der Waals surface area (Å²) < 4.78 is 32.3. The van der Waals surface area contributed by atoms with Gasteiger partial charge in [-0.05, 0) is 61.8 Å². The minimum atomic E-state index is -3.63. The Morgan fingerprint density at radius 2 is 1.83 bits per heavy atom. The van der Waals surface area contributed by atoms with Crippen molar-refractivity contribution in [2.45, 2.75) is 55.9 Å². The van der Waals surface area contributed by atoms with E-state index in [2.05, 4.69) is 10.0 Å². The van der Waals surface area contributed by atoms with Gasteiger partial charge in [0.15, 0.2) is 0 Å². The summed E-state index contributed by atoms with van der Waals surface area (Å²) in [6.07, 6.45) is 5.17. The van der Waals surface area contributed by atoms with Crippen LogP contribution in [0.25, 0.3) is 0 Å². The van der Waals surface area contributed by atoms with Crippen molar-refractivity contribution in [2.75, 3.05) is 26.7 Å². The van der Waals surface area contributed by atoms with Crippen LogP contribution in [0.5, 0.6) is 0 Å². The maximum atomic E-state index is 12.5. The molecule has 2 amide bonds. The van der Waals surface area contributed by atoms with Gasteiger partial charge in [0.1, 0.15) is 0 Å². The van der Waals surface area contributed by atoms with Crippen molar-refractivity contribution in [1.82, 2.24) is 14.9 Å². The second kappa shape index (κ2) is 9.58. The predicted molar refractivity (Wildman–Crippen MR) is 108 cm³/mol. The standard InChI is InChI=1S/C20H29N3O5S/c1-28-20(25)23-12-9-17(10-13-23)22-19(24)8-11-21-29(26,27)18-7-6-15-4-2-3-5-16(15)14-18/h6-7,14,17,21H,2-5,8-13H2,1H3,(H,22,24). The maximum absolute atomic E-state index is 12.5. The zero-order valence-electron chi connectivity index (χ0n) is 16.8. The summed E-state index contributed by atoms with van der Waals surface area (Å²) in [5.41, 5.74) is 2.34. The van der Waals surface area contributed by atoms with Crippen LogP contribution >= 0.6 is 0 Å². The van der Waals surface area contributed by atoms with Gasteiger partial charge in [-0.1, -0.05) is 6.07 Å². The van der Waals surface area contributed by atoms with Gasteiger partial charge in [-0.15, -0.1) is 0 Å². The molecule has 0 saturated carbocycles. The molecular formula is C20H29N3O5S. The lowest BCUT2D eigenvalue weighted by Crippen LogP contribution is -2.46. The number of carbonyl (C=O) groups is 2. The summed E-state index contributed by atoms with van der Waals surface area (Å²) >= 11 is 0. The van der Waals surface area contributed by atoms with Crippen molar-refractivity contribution < 1.29 is 22.7 Å². The fraction of sp³-hybridized carbons (Fsp3) is 0.600. The largest absolute Gasteiger partial charge is 0.453 e. The van der Waals surface area contributed by atoms with E-state index >= 15 is 0 Å². The zero-order valence-corrected chi connectivity index (χ0v) is 17.6. The Morgan fingerprint density at radius 3 is 2.52 bits per heavy atom. The molecule has 3 rings (SSSR count). The molecule has 1 heterocycles. The lowest BCUT2D eigenvalue weighted by molar-refractivity contribution is -0.121. The van der Waals surface area contributed by atoms with E-state index in [9.17, 15) is 18.0 Å². The number of hydrogen-bond donors (Lipinski definition) is 2. The van der Waals surface area contributed by atoms with Gasteiger partial charge in [-0.25, -0.2) is 17.9 Å². The Bertz CT molecular complexity index is 848. The molecule has 1 fully saturated rings. The van der Waals surface area contributed by atoms with Gasteiger partial charge in [0.25, 0.3) is 0 Å². The molecule has 0 aromatic heterocycles. The summed E-state index contributed by atoms with van der Waals surface area (Å²) in [5, 5.41) is 2.91. The van der Waals surface area contributed by atoms with E-state index in [1.165, 1.54) is 12.7 Å². The topological polar surface area (TPSA) is 105 Å². The molecule has 0 spiro atoms. The molecule has 1 aromatic rings. The van der Waals surface area contributed by atoms with Crippen molar-refractivity contribution in [2.24, 2.45) is 0 Å². The van der Waals surface area contributed by atoms with Crippen molar-refractivity contribution in [3.05, 3.63) is 29.3 Å². The number of ether oxygens (including phenoxy) is 1. The summed E-state index contributed by atoms with van der Waals surface area (Å²) in [6.45, 7) is 1.11. The van der Waals surface area contributed by atoms with Gasteiger partial charge in [0.05, 0.1) is 12.0 Å². The molecule has 0 bridgehead atoms. The Hall–Kier alpha value is -2.13. The monoisotopic (exact) mass is 423 g/mol. The number of rotatable bonds is 6. The van der Waals surface area contributed by atoms with Crippen LogP contribution in [0, 0.1) is 0 Å². The van der Waals surface area contributed by atoms with Crippen molar-refractivity contribution >= 4 is 22.0 Å². The van der Waals surface area contributed by atoms with Crippen LogP contribution in [0.1, 0.15) is 43.2 Å². The first-order valence-electron chi connectivity index (χ1n) is 10.1. The maximum Gasteiger partial charge on any atom is 0.409 e. The highest BCUT2D eigenvalue weighted by Gasteiger charge is 2.24. The second-order valence-corrected chi connectivity index (χ2v) is 9.35. The molecule has 0 atom stereocenters. The third kappa shape index (κ3) is 5.70.